The maximum Gasteiger partial charge on any atom is 0.241 e. The Morgan fingerprint density at radius 3 is 2.38 bits per heavy atom. The maximum atomic E-state index is 12.7. The van der Waals surface area contributed by atoms with E-state index in [-0.39, 0.29) is 18.5 Å². The Bertz CT molecular complexity index is 973. The third-order valence-corrected chi connectivity index (χ3v) is 6.19. The van der Waals surface area contributed by atoms with Gasteiger partial charge in [0.2, 0.25) is 15.9 Å². The summed E-state index contributed by atoms with van der Waals surface area (Å²) < 4.78 is 36.1. The van der Waals surface area contributed by atoms with Crippen LogP contribution in [0.3, 0.4) is 0 Å². The number of nitrogens with one attached hydrogen (secondary N) is 1. The minimum atomic E-state index is -3.63. The minimum Gasteiger partial charge on any atom is -0.497 e. The molecule has 0 spiro atoms. The lowest BCUT2D eigenvalue weighted by Gasteiger charge is -2.28. The first-order valence-electron chi connectivity index (χ1n) is 9.39. The molecule has 1 aliphatic carbocycles. The van der Waals surface area contributed by atoms with Gasteiger partial charge < -0.3 is 14.8 Å². The van der Waals surface area contributed by atoms with Crippen LogP contribution in [0.15, 0.2) is 42.5 Å². The summed E-state index contributed by atoms with van der Waals surface area (Å²) in [5, 5.41) is 3.00. The van der Waals surface area contributed by atoms with E-state index in [1.807, 2.05) is 18.2 Å². The Kier molecular flexibility index (Phi) is 6.32. The van der Waals surface area contributed by atoms with Crippen molar-refractivity contribution in [1.29, 1.82) is 0 Å². The van der Waals surface area contributed by atoms with Crippen LogP contribution in [0.2, 0.25) is 0 Å². The van der Waals surface area contributed by atoms with E-state index >= 15 is 0 Å². The zero-order valence-corrected chi connectivity index (χ0v) is 17.7. The third-order valence-electron chi connectivity index (χ3n) is 5.05. The lowest BCUT2D eigenvalue weighted by molar-refractivity contribution is -0.120. The van der Waals surface area contributed by atoms with E-state index in [9.17, 15) is 13.2 Å². The summed E-state index contributed by atoms with van der Waals surface area (Å²) in [4.78, 5) is 12.7. The first-order valence-corrected chi connectivity index (χ1v) is 11.2. The fraction of sp³-hybridized carbons (Fsp3) is 0.381. The molecule has 0 heterocycles. The van der Waals surface area contributed by atoms with Crippen LogP contribution in [0.1, 0.15) is 30.0 Å². The molecule has 1 N–H and O–H groups in total. The number of anilines is 1. The minimum absolute atomic E-state index is 0.144. The van der Waals surface area contributed by atoms with E-state index in [0.717, 1.165) is 46.7 Å². The van der Waals surface area contributed by atoms with Crippen molar-refractivity contribution in [2.75, 3.05) is 31.3 Å². The molecule has 1 aliphatic rings. The van der Waals surface area contributed by atoms with E-state index in [2.05, 4.69) is 5.32 Å². The van der Waals surface area contributed by atoms with Crippen LogP contribution in [0.4, 0.5) is 5.69 Å². The molecule has 7 nitrogen and oxygen atoms in total. The number of aryl methyl sites for hydroxylation is 1. The van der Waals surface area contributed by atoms with Crippen molar-refractivity contribution < 1.29 is 22.7 Å². The van der Waals surface area contributed by atoms with E-state index < -0.39 is 10.0 Å². The van der Waals surface area contributed by atoms with Crippen LogP contribution in [0.25, 0.3) is 0 Å². The molecule has 0 saturated heterocycles. The van der Waals surface area contributed by atoms with E-state index in [4.69, 9.17) is 9.47 Å². The molecular weight excluding hydrogens is 392 g/mol. The predicted octanol–water partition coefficient (Wildman–Crippen LogP) is 2.66. The summed E-state index contributed by atoms with van der Waals surface area (Å²) in [6, 6.07) is 12.3. The smallest absolute Gasteiger partial charge is 0.241 e. The Morgan fingerprint density at radius 2 is 1.76 bits per heavy atom. The Morgan fingerprint density at radius 1 is 1.10 bits per heavy atom. The molecular formula is C21H26N2O5S. The second-order valence-corrected chi connectivity index (χ2v) is 8.95. The summed E-state index contributed by atoms with van der Waals surface area (Å²) in [5.74, 6) is 1.05. The van der Waals surface area contributed by atoms with E-state index in [0.29, 0.717) is 11.4 Å². The van der Waals surface area contributed by atoms with E-state index in [1.54, 1.807) is 31.4 Å². The number of rotatable bonds is 7. The molecule has 0 saturated carbocycles. The number of carbonyl (C=O) groups is 1. The van der Waals surface area contributed by atoms with Gasteiger partial charge in [0, 0.05) is 0 Å². The number of hydrogen-bond acceptors (Lipinski definition) is 5. The van der Waals surface area contributed by atoms with Gasteiger partial charge in [-0.25, -0.2) is 8.42 Å². The molecule has 1 unspecified atom stereocenters. The highest BCUT2D eigenvalue weighted by Gasteiger charge is 2.25. The Hall–Kier alpha value is -2.74. The molecule has 0 aromatic heterocycles. The molecule has 0 bridgehead atoms. The van der Waals surface area contributed by atoms with E-state index in [1.165, 1.54) is 7.11 Å². The summed E-state index contributed by atoms with van der Waals surface area (Å²) in [6.07, 6.45) is 3.78. The van der Waals surface area contributed by atoms with Crippen molar-refractivity contribution in [3.05, 3.63) is 53.6 Å². The average molecular weight is 419 g/mol. The van der Waals surface area contributed by atoms with Gasteiger partial charge in [-0.05, 0) is 66.8 Å². The highest BCUT2D eigenvalue weighted by atomic mass is 32.2. The summed E-state index contributed by atoms with van der Waals surface area (Å²) >= 11 is 0. The van der Waals surface area contributed by atoms with Gasteiger partial charge in [0.05, 0.1) is 32.2 Å². The van der Waals surface area contributed by atoms with Gasteiger partial charge in [0.15, 0.2) is 0 Å². The van der Waals surface area contributed by atoms with Gasteiger partial charge in [0.1, 0.15) is 18.0 Å². The van der Waals surface area contributed by atoms with Crippen LogP contribution in [0.5, 0.6) is 11.5 Å². The highest BCUT2D eigenvalue weighted by Crippen LogP contribution is 2.32. The van der Waals surface area contributed by atoms with Gasteiger partial charge >= 0.3 is 0 Å². The van der Waals surface area contributed by atoms with Crippen LogP contribution in [-0.4, -0.2) is 41.3 Å². The first-order chi connectivity index (χ1) is 13.8. The monoisotopic (exact) mass is 418 g/mol. The van der Waals surface area contributed by atoms with Crippen molar-refractivity contribution in [3.63, 3.8) is 0 Å². The van der Waals surface area contributed by atoms with Gasteiger partial charge in [0.25, 0.3) is 0 Å². The molecule has 2 aromatic rings. The van der Waals surface area contributed by atoms with Gasteiger partial charge in [-0.3, -0.25) is 9.10 Å². The molecule has 29 heavy (non-hydrogen) atoms. The molecule has 0 aliphatic heterocycles. The van der Waals surface area contributed by atoms with Crippen molar-refractivity contribution in [1.82, 2.24) is 5.32 Å². The van der Waals surface area contributed by atoms with Crippen LogP contribution in [0, 0.1) is 0 Å². The summed E-state index contributed by atoms with van der Waals surface area (Å²) in [5.41, 5.74) is 2.62. The lowest BCUT2D eigenvalue weighted by Crippen LogP contribution is -2.42. The molecule has 156 valence electrons. The molecule has 1 atom stereocenters. The number of hydrogen-bond donors (Lipinski definition) is 1. The third kappa shape index (κ3) is 5.00. The summed E-state index contributed by atoms with van der Waals surface area (Å²) in [7, 11) is -0.464. The topological polar surface area (TPSA) is 84.9 Å². The van der Waals surface area contributed by atoms with Gasteiger partial charge in [-0.2, -0.15) is 0 Å². The quantitative estimate of drug-likeness (QED) is 0.747. The fourth-order valence-electron chi connectivity index (χ4n) is 3.59. The number of carbonyl (C=O) groups excluding carboxylic acids is 1. The standard InChI is InChI=1S/C21H26N2O5S/c1-27-17-9-7-16(8-10-17)23(29(3,25)26)14-21(24)22-20-6-4-5-15-13-18(28-2)11-12-19(15)20/h7-13,20H,4-6,14H2,1-3H3,(H,22,24). The number of ether oxygens (including phenoxy) is 2. The van der Waals surface area contributed by atoms with Crippen molar-refractivity contribution in [2.45, 2.75) is 25.3 Å². The fourth-order valence-corrected chi connectivity index (χ4v) is 4.44. The molecule has 2 aromatic carbocycles. The highest BCUT2D eigenvalue weighted by molar-refractivity contribution is 7.92. The molecule has 0 fully saturated rings. The second kappa shape index (κ2) is 8.73. The van der Waals surface area contributed by atoms with Crippen molar-refractivity contribution in [3.8, 4) is 11.5 Å². The van der Waals surface area contributed by atoms with Crippen LogP contribution < -0.4 is 19.1 Å². The van der Waals surface area contributed by atoms with Crippen LogP contribution >= 0.6 is 0 Å². The average Bonchev–Trinajstić information content (AvgIpc) is 2.71. The van der Waals surface area contributed by atoms with Crippen molar-refractivity contribution >= 4 is 21.6 Å². The maximum absolute atomic E-state index is 12.7. The number of nitrogens with zero attached hydrogens (tertiary/aromatic N) is 1. The Balaban J connectivity index is 1.76. The first kappa shape index (κ1) is 21.0. The Labute approximate surface area is 171 Å². The number of methoxy groups -OCH3 is 2. The lowest BCUT2D eigenvalue weighted by atomic mass is 9.87. The predicted molar refractivity (Wildman–Crippen MR) is 112 cm³/mol. The number of amides is 1. The van der Waals surface area contributed by atoms with Crippen molar-refractivity contribution in [2.24, 2.45) is 0 Å². The molecule has 0 radical (unpaired) electrons. The molecule has 1 amide bonds. The largest absolute Gasteiger partial charge is 0.497 e. The second-order valence-electron chi connectivity index (χ2n) is 7.04. The SMILES string of the molecule is COc1ccc(N(CC(=O)NC2CCCc3cc(OC)ccc32)S(C)(=O)=O)cc1. The number of fused-ring (bicyclic) bond motifs is 1. The summed E-state index contributed by atoms with van der Waals surface area (Å²) in [6.45, 7) is -0.285. The van der Waals surface area contributed by atoms with Crippen LogP contribution in [-0.2, 0) is 21.2 Å². The molecule has 3 rings (SSSR count). The molecule has 8 heteroatoms. The number of benzene rings is 2. The van der Waals surface area contributed by atoms with Gasteiger partial charge in [-0.1, -0.05) is 6.07 Å². The number of sulfonamides is 1. The van der Waals surface area contributed by atoms with Gasteiger partial charge in [-0.15, -0.1) is 0 Å². The normalized spacial score (nSPS) is 15.9. The zero-order chi connectivity index (χ0) is 21.0. The zero-order valence-electron chi connectivity index (χ0n) is 16.8.